The summed E-state index contributed by atoms with van der Waals surface area (Å²) in [6, 6.07) is 7.79. The van der Waals surface area contributed by atoms with E-state index in [1.54, 1.807) is 17.5 Å². The number of ketones is 1. The molecule has 0 bridgehead atoms. The Labute approximate surface area is 123 Å². The second-order valence-electron chi connectivity index (χ2n) is 3.65. The van der Waals surface area contributed by atoms with Crippen LogP contribution in [0.4, 0.5) is 0 Å². The predicted molar refractivity (Wildman–Crippen MR) is 80.7 cm³/mol. The summed E-state index contributed by atoms with van der Waals surface area (Å²) in [6.45, 7) is 2.10. The van der Waals surface area contributed by atoms with E-state index in [1.165, 1.54) is 16.6 Å². The van der Waals surface area contributed by atoms with E-state index >= 15 is 0 Å². The summed E-state index contributed by atoms with van der Waals surface area (Å²) in [6.07, 6.45) is 2.73. The Morgan fingerprint density at radius 3 is 2.83 bits per heavy atom. The van der Waals surface area contributed by atoms with Crippen LogP contribution in [0.25, 0.3) is 0 Å². The molecule has 0 spiro atoms. The second-order valence-corrected chi connectivity index (χ2v) is 6.73. The van der Waals surface area contributed by atoms with Gasteiger partial charge in [-0.15, -0.1) is 11.3 Å². The Morgan fingerprint density at radius 1 is 1.39 bits per heavy atom. The third-order valence-electron chi connectivity index (χ3n) is 2.34. The van der Waals surface area contributed by atoms with Crippen molar-refractivity contribution in [1.82, 2.24) is 4.98 Å². The molecule has 5 heteroatoms. The van der Waals surface area contributed by atoms with Crippen molar-refractivity contribution in [3.8, 4) is 0 Å². The first-order valence-corrected chi connectivity index (χ1v) is 8.15. The van der Waals surface area contributed by atoms with Crippen LogP contribution >= 0.6 is 39.0 Å². The number of aryl methyl sites for hydroxylation is 1. The number of aromatic nitrogens is 1. The van der Waals surface area contributed by atoms with Crippen LogP contribution in [-0.2, 0) is 6.42 Å². The molecule has 2 rings (SSSR count). The van der Waals surface area contributed by atoms with Crippen LogP contribution in [0.3, 0.4) is 0 Å². The molecule has 0 amide bonds. The van der Waals surface area contributed by atoms with Gasteiger partial charge < -0.3 is 0 Å². The van der Waals surface area contributed by atoms with E-state index in [0.29, 0.717) is 5.75 Å². The zero-order chi connectivity index (χ0) is 13.0. The first-order valence-electron chi connectivity index (χ1n) is 5.55. The van der Waals surface area contributed by atoms with Crippen LogP contribution < -0.4 is 0 Å². The lowest BCUT2D eigenvalue weighted by atomic mass is 10.3. The highest BCUT2D eigenvalue weighted by Gasteiger charge is 2.09. The molecular weight excluding hydrogens is 330 g/mol. The molecule has 2 aromatic heterocycles. The van der Waals surface area contributed by atoms with Crippen molar-refractivity contribution in [2.75, 3.05) is 5.75 Å². The van der Waals surface area contributed by atoms with E-state index in [0.717, 1.165) is 20.8 Å². The van der Waals surface area contributed by atoms with Gasteiger partial charge in [0, 0.05) is 15.5 Å². The van der Waals surface area contributed by atoms with Gasteiger partial charge in [-0.1, -0.05) is 18.7 Å². The third kappa shape index (κ3) is 3.67. The molecule has 2 nitrogen and oxygen atoms in total. The summed E-state index contributed by atoms with van der Waals surface area (Å²) in [4.78, 5) is 18.3. The van der Waals surface area contributed by atoms with Gasteiger partial charge in [0.15, 0.2) is 5.78 Å². The average molecular weight is 342 g/mol. The fraction of sp³-hybridized carbons (Fsp3) is 0.231. The molecule has 0 N–H and O–H groups in total. The summed E-state index contributed by atoms with van der Waals surface area (Å²) in [5.74, 6) is 0.618. The molecule has 0 atom stereocenters. The Balaban J connectivity index is 1.93. The molecule has 0 aromatic carbocycles. The Kier molecular flexibility index (Phi) is 4.97. The van der Waals surface area contributed by atoms with Gasteiger partial charge in [0.05, 0.1) is 15.7 Å². The van der Waals surface area contributed by atoms with Crippen LogP contribution in [-0.4, -0.2) is 16.5 Å². The minimum absolute atomic E-state index is 0.175. The normalized spacial score (nSPS) is 10.6. The van der Waals surface area contributed by atoms with Gasteiger partial charge in [-0.25, -0.2) is 4.98 Å². The number of hydrogen-bond donors (Lipinski definition) is 0. The van der Waals surface area contributed by atoms with E-state index in [-0.39, 0.29) is 5.78 Å². The van der Waals surface area contributed by atoms with Crippen molar-refractivity contribution >= 4 is 44.8 Å². The molecule has 0 aliphatic heterocycles. The molecular formula is C13H12BrNOS2. The fourth-order valence-corrected chi connectivity index (χ4v) is 3.31. The monoisotopic (exact) mass is 341 g/mol. The smallest absolute Gasteiger partial charge is 0.183 e. The van der Waals surface area contributed by atoms with Crippen LogP contribution in [0.15, 0.2) is 40.0 Å². The van der Waals surface area contributed by atoms with E-state index in [2.05, 4.69) is 27.8 Å². The largest absolute Gasteiger partial charge is 0.292 e. The number of Topliss-reactive ketones (excluding diaryl/α,β-unsaturated/α-hetero) is 1. The molecule has 0 saturated carbocycles. The van der Waals surface area contributed by atoms with Gasteiger partial charge in [0.1, 0.15) is 0 Å². The highest BCUT2D eigenvalue weighted by molar-refractivity contribution is 9.10. The first kappa shape index (κ1) is 13.8. The second kappa shape index (κ2) is 6.50. The Bertz CT molecular complexity index is 536. The number of thioether (sulfide) groups is 1. The van der Waals surface area contributed by atoms with Crippen molar-refractivity contribution < 1.29 is 4.79 Å². The fourth-order valence-electron chi connectivity index (χ4n) is 1.38. The number of carbonyl (C=O) groups excluding carboxylic acids is 1. The van der Waals surface area contributed by atoms with Crippen molar-refractivity contribution in [1.29, 1.82) is 0 Å². The van der Waals surface area contributed by atoms with Gasteiger partial charge in [0.2, 0.25) is 0 Å². The first-order chi connectivity index (χ1) is 8.69. The number of hydrogen-bond acceptors (Lipinski definition) is 4. The van der Waals surface area contributed by atoms with Gasteiger partial charge >= 0.3 is 0 Å². The molecule has 0 fully saturated rings. The number of thiophene rings is 1. The molecule has 0 aliphatic rings. The maximum absolute atomic E-state index is 12.0. The highest BCUT2D eigenvalue weighted by atomic mass is 79.9. The van der Waals surface area contributed by atoms with E-state index in [4.69, 9.17) is 0 Å². The van der Waals surface area contributed by atoms with E-state index < -0.39 is 0 Å². The SMILES string of the molecule is CCc1ccc(C(=O)CSc2ccc(Br)cn2)s1. The number of carbonyl (C=O) groups is 1. The van der Waals surface area contributed by atoms with Crippen molar-refractivity contribution in [2.45, 2.75) is 18.4 Å². The molecule has 0 saturated heterocycles. The highest BCUT2D eigenvalue weighted by Crippen LogP contribution is 2.22. The van der Waals surface area contributed by atoms with Crippen molar-refractivity contribution in [2.24, 2.45) is 0 Å². The maximum Gasteiger partial charge on any atom is 0.183 e. The lowest BCUT2D eigenvalue weighted by Gasteiger charge is -1.99. The molecule has 0 radical (unpaired) electrons. The molecule has 18 heavy (non-hydrogen) atoms. The van der Waals surface area contributed by atoms with Crippen LogP contribution in [0.2, 0.25) is 0 Å². The van der Waals surface area contributed by atoms with Gasteiger partial charge in [-0.3, -0.25) is 4.79 Å². The molecule has 0 unspecified atom stereocenters. The summed E-state index contributed by atoms with van der Waals surface area (Å²) in [5.41, 5.74) is 0. The number of nitrogens with zero attached hydrogens (tertiary/aromatic N) is 1. The number of pyridine rings is 1. The maximum atomic E-state index is 12.0. The lowest BCUT2D eigenvalue weighted by Crippen LogP contribution is -1.99. The van der Waals surface area contributed by atoms with Crippen molar-refractivity contribution in [3.63, 3.8) is 0 Å². The molecule has 2 heterocycles. The minimum atomic E-state index is 0.175. The van der Waals surface area contributed by atoms with Gasteiger partial charge in [-0.05, 0) is 46.6 Å². The molecule has 94 valence electrons. The zero-order valence-corrected chi connectivity index (χ0v) is 13.1. The number of rotatable bonds is 5. The summed E-state index contributed by atoms with van der Waals surface area (Å²) in [5, 5.41) is 0.874. The summed E-state index contributed by atoms with van der Waals surface area (Å²) in [7, 11) is 0. The molecule has 2 aromatic rings. The van der Waals surface area contributed by atoms with Crippen LogP contribution in [0.1, 0.15) is 21.5 Å². The summed E-state index contributed by atoms with van der Waals surface area (Å²) >= 11 is 6.40. The van der Waals surface area contributed by atoms with Crippen LogP contribution in [0, 0.1) is 0 Å². The summed E-state index contributed by atoms with van der Waals surface area (Å²) < 4.78 is 0.948. The van der Waals surface area contributed by atoms with E-state index in [1.807, 2.05) is 24.3 Å². The lowest BCUT2D eigenvalue weighted by molar-refractivity contribution is 0.102. The van der Waals surface area contributed by atoms with E-state index in [9.17, 15) is 4.79 Å². The third-order valence-corrected chi connectivity index (χ3v) is 5.02. The average Bonchev–Trinajstić information content (AvgIpc) is 2.86. The quantitative estimate of drug-likeness (QED) is 0.594. The predicted octanol–water partition coefficient (Wildman–Crippen LogP) is 4.44. The molecule has 0 aliphatic carbocycles. The number of halogens is 1. The Morgan fingerprint density at radius 2 is 2.22 bits per heavy atom. The topological polar surface area (TPSA) is 30.0 Å². The van der Waals surface area contributed by atoms with Crippen molar-refractivity contribution in [3.05, 3.63) is 44.7 Å². The van der Waals surface area contributed by atoms with Gasteiger partial charge in [-0.2, -0.15) is 0 Å². The Hall–Kier alpha value is -0.650. The zero-order valence-electron chi connectivity index (χ0n) is 9.85. The minimum Gasteiger partial charge on any atom is -0.292 e. The standard InChI is InChI=1S/C13H12BrNOS2/c1-2-10-4-5-12(18-10)11(16)8-17-13-6-3-9(14)7-15-13/h3-7H,2,8H2,1H3. The van der Waals surface area contributed by atoms with Crippen LogP contribution in [0.5, 0.6) is 0 Å². The van der Waals surface area contributed by atoms with Gasteiger partial charge in [0.25, 0.3) is 0 Å².